The first kappa shape index (κ1) is 28.5. The first-order valence-electron chi connectivity index (χ1n) is 14.4. The van der Waals surface area contributed by atoms with E-state index in [9.17, 15) is 18.8 Å². The third-order valence-corrected chi connectivity index (χ3v) is 7.57. The van der Waals surface area contributed by atoms with Gasteiger partial charge in [0, 0.05) is 31.3 Å². The van der Waals surface area contributed by atoms with E-state index in [1.54, 1.807) is 42.5 Å². The van der Waals surface area contributed by atoms with Crippen molar-refractivity contribution in [1.29, 1.82) is 0 Å². The van der Waals surface area contributed by atoms with Crippen LogP contribution in [0.3, 0.4) is 0 Å². The fourth-order valence-electron chi connectivity index (χ4n) is 5.08. The molecule has 3 aromatic carbocycles. The average molecular weight is 589 g/mol. The Bertz CT molecular complexity index is 1500. The molecule has 10 nitrogen and oxygen atoms in total. The summed E-state index contributed by atoms with van der Waals surface area (Å²) in [6, 6.07) is 17.7. The molecule has 3 heterocycles. The zero-order chi connectivity index (χ0) is 29.8. The van der Waals surface area contributed by atoms with Crippen LogP contribution in [0.4, 0.5) is 10.1 Å². The molecule has 1 aliphatic carbocycles. The van der Waals surface area contributed by atoms with Gasteiger partial charge in [-0.15, -0.1) is 0 Å². The van der Waals surface area contributed by atoms with E-state index in [4.69, 9.17) is 14.2 Å². The van der Waals surface area contributed by atoms with E-state index in [0.29, 0.717) is 55.0 Å². The molecule has 3 N–H and O–H groups in total. The Labute approximate surface area is 248 Å². The van der Waals surface area contributed by atoms with Crippen molar-refractivity contribution in [1.82, 2.24) is 15.5 Å². The van der Waals surface area contributed by atoms with Crippen molar-refractivity contribution in [2.24, 2.45) is 5.92 Å². The Kier molecular flexibility index (Phi) is 8.41. The van der Waals surface area contributed by atoms with Crippen LogP contribution in [0.15, 0.2) is 66.7 Å². The Morgan fingerprint density at radius 1 is 1.02 bits per heavy atom. The SMILES string of the molecule is O=C1COc2cc(OCC3CC3)cc(c2)C(=O)N[C@H]2CN(CC(=O)Nc3ccccc3F)C[C@@H]2Oc2ccc(cc2)CN1. The van der Waals surface area contributed by atoms with Crippen LogP contribution >= 0.6 is 0 Å². The highest BCUT2D eigenvalue weighted by Gasteiger charge is 2.37. The lowest BCUT2D eigenvalue weighted by molar-refractivity contribution is -0.123. The quantitative estimate of drug-likeness (QED) is 0.405. The maximum atomic E-state index is 14.1. The van der Waals surface area contributed by atoms with Crippen LogP contribution < -0.4 is 30.2 Å². The minimum atomic E-state index is -0.516. The zero-order valence-electron chi connectivity index (χ0n) is 23.5. The number of ether oxygens (including phenoxy) is 3. The van der Waals surface area contributed by atoms with Gasteiger partial charge in [0.1, 0.15) is 29.2 Å². The highest BCUT2D eigenvalue weighted by Crippen LogP contribution is 2.31. The molecule has 3 aromatic rings. The molecular weight excluding hydrogens is 555 g/mol. The largest absolute Gasteiger partial charge is 0.493 e. The molecule has 4 bridgehead atoms. The van der Waals surface area contributed by atoms with Gasteiger partial charge in [-0.3, -0.25) is 19.3 Å². The van der Waals surface area contributed by atoms with Crippen LogP contribution in [0.25, 0.3) is 0 Å². The molecule has 3 amide bonds. The van der Waals surface area contributed by atoms with E-state index in [2.05, 4.69) is 16.0 Å². The maximum Gasteiger partial charge on any atom is 0.258 e. The Hall–Kier alpha value is -4.64. The molecule has 4 aliphatic rings. The van der Waals surface area contributed by atoms with Gasteiger partial charge in [0.05, 0.1) is 24.9 Å². The minimum Gasteiger partial charge on any atom is -0.493 e. The maximum absolute atomic E-state index is 14.1. The molecular formula is C32H33FN4O6. The number of carbonyl (C=O) groups excluding carboxylic acids is 3. The van der Waals surface area contributed by atoms with E-state index < -0.39 is 18.0 Å². The molecule has 3 aliphatic heterocycles. The van der Waals surface area contributed by atoms with Crippen LogP contribution in [0, 0.1) is 11.7 Å². The number of nitrogens with zero attached hydrogens (tertiary/aromatic N) is 1. The molecule has 2 fully saturated rings. The number of likely N-dealkylation sites (tertiary alicyclic amines) is 1. The fraction of sp³-hybridized carbons (Fsp3) is 0.344. The monoisotopic (exact) mass is 588 g/mol. The number of para-hydroxylation sites is 1. The summed E-state index contributed by atoms with van der Waals surface area (Å²) in [6.07, 6.45) is 1.75. The van der Waals surface area contributed by atoms with Gasteiger partial charge in [-0.1, -0.05) is 24.3 Å². The molecule has 7 rings (SSSR count). The summed E-state index contributed by atoms with van der Waals surface area (Å²) >= 11 is 0. The highest BCUT2D eigenvalue weighted by atomic mass is 19.1. The Morgan fingerprint density at radius 2 is 1.84 bits per heavy atom. The van der Waals surface area contributed by atoms with Crippen molar-refractivity contribution >= 4 is 23.4 Å². The van der Waals surface area contributed by atoms with E-state index in [1.807, 2.05) is 17.0 Å². The molecule has 43 heavy (non-hydrogen) atoms. The van der Waals surface area contributed by atoms with Crippen molar-refractivity contribution in [2.75, 3.05) is 38.2 Å². The van der Waals surface area contributed by atoms with Crippen LogP contribution in [0.1, 0.15) is 28.8 Å². The number of benzene rings is 3. The van der Waals surface area contributed by atoms with Crippen molar-refractivity contribution in [3.63, 3.8) is 0 Å². The highest BCUT2D eigenvalue weighted by molar-refractivity contribution is 5.95. The standard InChI is InChI=1S/C32H33FN4O6/c33-26-3-1-2-4-27(26)35-30(38)17-37-15-28-29(16-37)43-23-9-7-20(8-10-23)14-34-31(39)19-42-25-12-22(32(40)36-28)11-24(13-25)41-18-21-5-6-21/h1-4,7-13,21,28-29H,5-6,14-19H2,(H,34,39)(H,35,38)(H,36,40)/t28-,29-/m0/s1. The molecule has 0 radical (unpaired) electrons. The third kappa shape index (κ3) is 7.61. The number of halogens is 1. The fourth-order valence-corrected chi connectivity index (χ4v) is 5.08. The number of amides is 3. The van der Waals surface area contributed by atoms with Gasteiger partial charge in [-0.25, -0.2) is 4.39 Å². The average Bonchev–Trinajstić information content (AvgIpc) is 3.76. The lowest BCUT2D eigenvalue weighted by Gasteiger charge is -2.22. The van der Waals surface area contributed by atoms with E-state index in [1.165, 1.54) is 12.1 Å². The van der Waals surface area contributed by atoms with E-state index in [0.717, 1.165) is 18.4 Å². The number of carbonyl (C=O) groups is 3. The lowest BCUT2D eigenvalue weighted by Crippen LogP contribution is -2.45. The summed E-state index contributed by atoms with van der Waals surface area (Å²) in [7, 11) is 0. The first-order valence-corrected chi connectivity index (χ1v) is 14.4. The normalized spacial score (nSPS) is 20.6. The predicted molar refractivity (Wildman–Crippen MR) is 156 cm³/mol. The number of hydrogen-bond donors (Lipinski definition) is 3. The summed E-state index contributed by atoms with van der Waals surface area (Å²) in [5, 5.41) is 8.50. The van der Waals surface area contributed by atoms with E-state index >= 15 is 0 Å². The van der Waals surface area contributed by atoms with Gasteiger partial charge >= 0.3 is 0 Å². The van der Waals surface area contributed by atoms with Gasteiger partial charge in [0.15, 0.2) is 6.61 Å². The van der Waals surface area contributed by atoms with Gasteiger partial charge in [-0.05, 0) is 60.7 Å². The van der Waals surface area contributed by atoms with Crippen molar-refractivity contribution in [2.45, 2.75) is 31.5 Å². The molecule has 0 unspecified atom stereocenters. The number of anilines is 1. The van der Waals surface area contributed by atoms with Crippen LogP contribution in [0.2, 0.25) is 0 Å². The summed E-state index contributed by atoms with van der Waals surface area (Å²) in [4.78, 5) is 40.6. The summed E-state index contributed by atoms with van der Waals surface area (Å²) in [5.74, 6) is 0.353. The summed E-state index contributed by atoms with van der Waals surface area (Å²) < 4.78 is 32.1. The molecule has 224 valence electrons. The number of nitrogens with one attached hydrogen (secondary N) is 3. The van der Waals surface area contributed by atoms with Gasteiger partial charge in [0.2, 0.25) is 5.91 Å². The van der Waals surface area contributed by atoms with Crippen molar-refractivity contribution < 1.29 is 33.0 Å². The number of fused-ring (bicyclic) bond motifs is 7. The van der Waals surface area contributed by atoms with Crippen LogP contribution in [0.5, 0.6) is 17.2 Å². The lowest BCUT2D eigenvalue weighted by atomic mass is 10.1. The Balaban J connectivity index is 1.22. The summed E-state index contributed by atoms with van der Waals surface area (Å²) in [6.45, 7) is 1.32. The predicted octanol–water partition coefficient (Wildman–Crippen LogP) is 3.12. The number of hydrogen-bond acceptors (Lipinski definition) is 7. The second kappa shape index (κ2) is 12.7. The van der Waals surface area contributed by atoms with Crippen molar-refractivity contribution in [3.05, 3.63) is 83.7 Å². The Morgan fingerprint density at radius 3 is 2.63 bits per heavy atom. The molecule has 1 saturated heterocycles. The molecule has 0 aromatic heterocycles. The second-order valence-electron chi connectivity index (χ2n) is 11.1. The second-order valence-corrected chi connectivity index (χ2v) is 11.1. The third-order valence-electron chi connectivity index (χ3n) is 7.57. The molecule has 0 spiro atoms. The molecule has 2 atom stereocenters. The summed E-state index contributed by atoms with van der Waals surface area (Å²) in [5.41, 5.74) is 1.30. The van der Waals surface area contributed by atoms with Crippen molar-refractivity contribution in [3.8, 4) is 17.2 Å². The number of rotatable bonds is 6. The molecule has 1 saturated carbocycles. The van der Waals surface area contributed by atoms with Gasteiger partial charge < -0.3 is 30.2 Å². The van der Waals surface area contributed by atoms with Gasteiger partial charge in [-0.2, -0.15) is 0 Å². The van der Waals surface area contributed by atoms with Crippen LogP contribution in [-0.4, -0.2) is 67.6 Å². The van der Waals surface area contributed by atoms with E-state index in [-0.39, 0.29) is 36.6 Å². The van der Waals surface area contributed by atoms with Gasteiger partial charge in [0.25, 0.3) is 11.8 Å². The molecule has 11 heteroatoms. The minimum absolute atomic E-state index is 0.0122. The first-order chi connectivity index (χ1) is 20.9. The zero-order valence-corrected chi connectivity index (χ0v) is 23.5. The smallest absolute Gasteiger partial charge is 0.258 e. The topological polar surface area (TPSA) is 118 Å². The van der Waals surface area contributed by atoms with Crippen LogP contribution in [-0.2, 0) is 16.1 Å².